The van der Waals surface area contributed by atoms with Crippen LogP contribution in [0, 0.1) is 6.92 Å². The van der Waals surface area contributed by atoms with Crippen LogP contribution in [-0.4, -0.2) is 28.9 Å². The Morgan fingerprint density at radius 3 is 3.13 bits per heavy atom. The Morgan fingerprint density at radius 1 is 1.67 bits per heavy atom. The summed E-state index contributed by atoms with van der Waals surface area (Å²) in [5.74, 6) is 0. The van der Waals surface area contributed by atoms with Gasteiger partial charge in [-0.05, 0) is 26.3 Å². The molecule has 2 N–H and O–H groups in total. The van der Waals surface area contributed by atoms with E-state index in [1.54, 1.807) is 0 Å². The van der Waals surface area contributed by atoms with Gasteiger partial charge in [0.15, 0.2) is 0 Å². The molecule has 1 aliphatic heterocycles. The van der Waals surface area contributed by atoms with Crippen LogP contribution in [0.5, 0.6) is 0 Å². The molecule has 0 bridgehead atoms. The van der Waals surface area contributed by atoms with Crippen molar-refractivity contribution in [2.75, 3.05) is 13.1 Å². The minimum atomic E-state index is 0.623. The van der Waals surface area contributed by atoms with Crippen LogP contribution in [0.1, 0.15) is 24.1 Å². The van der Waals surface area contributed by atoms with Gasteiger partial charge in [0.1, 0.15) is 0 Å². The lowest BCUT2D eigenvalue weighted by atomic mass is 10.1. The Hall–Kier alpha value is -0.870. The summed E-state index contributed by atoms with van der Waals surface area (Å²) in [5, 5.41) is 11.2. The SMILES string of the molecule is Cc1c(CNC2CCCNC2)cnn1C. The molecule has 1 fully saturated rings. The third-order valence-corrected chi connectivity index (χ3v) is 3.21. The lowest BCUT2D eigenvalue weighted by molar-refractivity contribution is 0.388. The Kier molecular flexibility index (Phi) is 3.38. The number of hydrogen-bond donors (Lipinski definition) is 2. The van der Waals surface area contributed by atoms with E-state index in [9.17, 15) is 0 Å². The van der Waals surface area contributed by atoms with E-state index in [1.807, 2.05) is 17.9 Å². The van der Waals surface area contributed by atoms with E-state index in [2.05, 4.69) is 22.7 Å². The molecule has 1 unspecified atom stereocenters. The van der Waals surface area contributed by atoms with Gasteiger partial charge in [-0.2, -0.15) is 5.10 Å². The van der Waals surface area contributed by atoms with E-state index in [-0.39, 0.29) is 0 Å². The van der Waals surface area contributed by atoms with Crippen LogP contribution in [0.15, 0.2) is 6.20 Å². The normalized spacial score (nSPS) is 21.9. The number of aryl methyl sites for hydroxylation is 1. The number of aromatic nitrogens is 2. The molecule has 1 atom stereocenters. The molecule has 0 aromatic carbocycles. The molecule has 1 aliphatic rings. The quantitative estimate of drug-likeness (QED) is 0.763. The van der Waals surface area contributed by atoms with Crippen LogP contribution in [0.2, 0.25) is 0 Å². The maximum atomic E-state index is 4.24. The van der Waals surface area contributed by atoms with Crippen LogP contribution in [0.25, 0.3) is 0 Å². The van der Waals surface area contributed by atoms with Crippen molar-refractivity contribution >= 4 is 0 Å². The maximum Gasteiger partial charge on any atom is 0.0537 e. The summed E-state index contributed by atoms with van der Waals surface area (Å²) in [4.78, 5) is 0. The first-order valence-electron chi connectivity index (χ1n) is 5.69. The van der Waals surface area contributed by atoms with E-state index in [0.29, 0.717) is 6.04 Å². The largest absolute Gasteiger partial charge is 0.315 e. The second kappa shape index (κ2) is 4.77. The number of rotatable bonds is 3. The van der Waals surface area contributed by atoms with Gasteiger partial charge < -0.3 is 10.6 Å². The Labute approximate surface area is 91.1 Å². The van der Waals surface area contributed by atoms with Gasteiger partial charge >= 0.3 is 0 Å². The number of hydrogen-bond acceptors (Lipinski definition) is 3. The lowest BCUT2D eigenvalue weighted by Crippen LogP contribution is -2.42. The molecular formula is C11H20N4. The van der Waals surface area contributed by atoms with Crippen molar-refractivity contribution in [1.29, 1.82) is 0 Å². The van der Waals surface area contributed by atoms with Crippen LogP contribution < -0.4 is 10.6 Å². The second-order valence-electron chi connectivity index (χ2n) is 4.30. The first-order chi connectivity index (χ1) is 7.27. The van der Waals surface area contributed by atoms with Crippen molar-refractivity contribution in [1.82, 2.24) is 20.4 Å². The zero-order valence-electron chi connectivity index (χ0n) is 9.58. The summed E-state index contributed by atoms with van der Waals surface area (Å²) >= 11 is 0. The minimum absolute atomic E-state index is 0.623. The van der Waals surface area contributed by atoms with Gasteiger partial charge in [-0.3, -0.25) is 4.68 Å². The monoisotopic (exact) mass is 208 g/mol. The number of nitrogens with one attached hydrogen (secondary N) is 2. The number of piperidine rings is 1. The van der Waals surface area contributed by atoms with Crippen LogP contribution >= 0.6 is 0 Å². The fourth-order valence-corrected chi connectivity index (χ4v) is 2.00. The van der Waals surface area contributed by atoms with Crippen molar-refractivity contribution in [3.05, 3.63) is 17.5 Å². The number of nitrogens with zero attached hydrogens (tertiary/aromatic N) is 2. The molecule has 0 saturated carbocycles. The molecule has 0 aliphatic carbocycles. The van der Waals surface area contributed by atoms with Crippen molar-refractivity contribution in [2.24, 2.45) is 7.05 Å². The highest BCUT2D eigenvalue weighted by molar-refractivity contribution is 5.15. The summed E-state index contributed by atoms with van der Waals surface area (Å²) < 4.78 is 1.93. The molecule has 2 rings (SSSR count). The van der Waals surface area contributed by atoms with Crippen LogP contribution in [0.3, 0.4) is 0 Å². The summed E-state index contributed by atoms with van der Waals surface area (Å²) in [6.45, 7) is 5.32. The second-order valence-corrected chi connectivity index (χ2v) is 4.30. The fraction of sp³-hybridized carbons (Fsp3) is 0.727. The topological polar surface area (TPSA) is 41.9 Å². The van der Waals surface area contributed by atoms with Crippen molar-refractivity contribution in [3.63, 3.8) is 0 Å². The van der Waals surface area contributed by atoms with Crippen molar-refractivity contribution in [3.8, 4) is 0 Å². The summed E-state index contributed by atoms with van der Waals surface area (Å²) in [6, 6.07) is 0.623. The highest BCUT2D eigenvalue weighted by Gasteiger charge is 2.12. The van der Waals surface area contributed by atoms with E-state index >= 15 is 0 Å². The molecule has 0 radical (unpaired) electrons. The van der Waals surface area contributed by atoms with Gasteiger partial charge in [-0.15, -0.1) is 0 Å². The van der Waals surface area contributed by atoms with Crippen LogP contribution in [0.4, 0.5) is 0 Å². The summed E-state index contributed by atoms with van der Waals surface area (Å²) in [7, 11) is 1.99. The zero-order valence-corrected chi connectivity index (χ0v) is 9.58. The van der Waals surface area contributed by atoms with Gasteiger partial charge in [0, 0.05) is 37.4 Å². The zero-order chi connectivity index (χ0) is 10.7. The Balaban J connectivity index is 1.84. The molecule has 1 aromatic rings. The molecular weight excluding hydrogens is 188 g/mol. The van der Waals surface area contributed by atoms with Crippen molar-refractivity contribution < 1.29 is 0 Å². The maximum absolute atomic E-state index is 4.24. The standard InChI is InChI=1S/C11H20N4/c1-9-10(7-14-15(9)2)6-13-11-4-3-5-12-8-11/h7,11-13H,3-6,8H2,1-2H3. The first-order valence-corrected chi connectivity index (χ1v) is 5.69. The highest BCUT2D eigenvalue weighted by Crippen LogP contribution is 2.07. The minimum Gasteiger partial charge on any atom is -0.315 e. The third kappa shape index (κ3) is 2.58. The van der Waals surface area contributed by atoms with E-state index < -0.39 is 0 Å². The van der Waals surface area contributed by atoms with Crippen molar-refractivity contribution in [2.45, 2.75) is 32.4 Å². The molecule has 4 nitrogen and oxygen atoms in total. The van der Waals surface area contributed by atoms with Gasteiger partial charge in [0.05, 0.1) is 6.20 Å². The highest BCUT2D eigenvalue weighted by atomic mass is 15.3. The summed E-state index contributed by atoms with van der Waals surface area (Å²) in [6.07, 6.45) is 4.52. The molecule has 2 heterocycles. The van der Waals surface area contributed by atoms with Gasteiger partial charge in [-0.1, -0.05) is 0 Å². The molecule has 0 spiro atoms. The first kappa shape index (κ1) is 10.6. The predicted molar refractivity (Wildman–Crippen MR) is 60.7 cm³/mol. The Bertz CT molecular complexity index is 312. The average Bonchev–Trinajstić information content (AvgIpc) is 2.59. The van der Waals surface area contributed by atoms with E-state index in [0.717, 1.165) is 13.1 Å². The molecule has 4 heteroatoms. The van der Waals surface area contributed by atoms with Crippen LogP contribution in [-0.2, 0) is 13.6 Å². The Morgan fingerprint density at radius 2 is 2.53 bits per heavy atom. The van der Waals surface area contributed by atoms with Gasteiger partial charge in [-0.25, -0.2) is 0 Å². The molecule has 1 saturated heterocycles. The predicted octanol–water partition coefficient (Wildman–Crippen LogP) is 0.570. The fourth-order valence-electron chi connectivity index (χ4n) is 2.00. The third-order valence-electron chi connectivity index (χ3n) is 3.21. The molecule has 84 valence electrons. The summed E-state index contributed by atoms with van der Waals surface area (Å²) in [5.41, 5.74) is 2.56. The molecule has 1 aromatic heterocycles. The molecule has 0 amide bonds. The average molecular weight is 208 g/mol. The van der Waals surface area contributed by atoms with E-state index in [4.69, 9.17) is 0 Å². The van der Waals surface area contributed by atoms with Gasteiger partial charge in [0.25, 0.3) is 0 Å². The lowest BCUT2D eigenvalue weighted by Gasteiger charge is -2.23. The van der Waals surface area contributed by atoms with Gasteiger partial charge in [0.2, 0.25) is 0 Å². The molecule has 15 heavy (non-hydrogen) atoms. The smallest absolute Gasteiger partial charge is 0.0537 e. The van der Waals surface area contributed by atoms with E-state index in [1.165, 1.54) is 30.6 Å².